The predicted octanol–water partition coefficient (Wildman–Crippen LogP) is 2.65. The zero-order chi connectivity index (χ0) is 19.7. The molecule has 0 aliphatic heterocycles. The van der Waals surface area contributed by atoms with Crippen LogP contribution < -0.4 is 10.6 Å². The normalized spacial score (nSPS) is 16.4. The zero-order valence-corrected chi connectivity index (χ0v) is 14.0. The second-order valence-electron chi connectivity index (χ2n) is 6.39. The molecule has 1 aliphatic carbocycles. The van der Waals surface area contributed by atoms with E-state index in [4.69, 9.17) is 4.42 Å². The first-order valence-corrected chi connectivity index (χ1v) is 8.23. The third-order valence-electron chi connectivity index (χ3n) is 4.37. The Bertz CT molecular complexity index is 831. The summed E-state index contributed by atoms with van der Waals surface area (Å²) in [7, 11) is 0. The second kappa shape index (κ2) is 7.07. The molecular weight excluding hydrogens is 365 g/mol. The lowest BCUT2D eigenvalue weighted by Crippen LogP contribution is -2.45. The minimum atomic E-state index is -4.56. The van der Waals surface area contributed by atoms with Crippen LogP contribution in [0.5, 0.6) is 0 Å². The summed E-state index contributed by atoms with van der Waals surface area (Å²) in [6.45, 7) is -0.250. The van der Waals surface area contributed by atoms with Crippen LogP contribution in [-0.4, -0.2) is 23.5 Å². The lowest BCUT2D eigenvalue weighted by atomic mass is 9.94. The Balaban J connectivity index is 1.62. The highest BCUT2D eigenvalue weighted by molar-refractivity contribution is 6.39. The quantitative estimate of drug-likeness (QED) is 0.694. The molecule has 1 unspecified atom stereocenters. The molecule has 1 heterocycles. The van der Waals surface area contributed by atoms with E-state index in [0.29, 0.717) is 0 Å². The fourth-order valence-corrected chi connectivity index (χ4v) is 2.77. The van der Waals surface area contributed by atoms with E-state index in [2.05, 4.69) is 10.6 Å². The van der Waals surface area contributed by atoms with Crippen LogP contribution in [0, 0.1) is 5.92 Å². The molecule has 2 amide bonds. The van der Waals surface area contributed by atoms with Crippen molar-refractivity contribution in [3.8, 4) is 0 Å². The number of carbonyl (C=O) groups excluding carboxylic acids is 2. The maximum atomic E-state index is 12.7. The minimum absolute atomic E-state index is 0.101. The summed E-state index contributed by atoms with van der Waals surface area (Å²) in [5.74, 6) is -2.02. The molecule has 144 valence electrons. The van der Waals surface area contributed by atoms with Crippen molar-refractivity contribution >= 4 is 17.5 Å². The summed E-state index contributed by atoms with van der Waals surface area (Å²) in [6, 6.07) is 7.13. The van der Waals surface area contributed by atoms with Crippen molar-refractivity contribution in [3.05, 3.63) is 54.0 Å². The van der Waals surface area contributed by atoms with Crippen LogP contribution in [0.15, 0.2) is 47.1 Å². The van der Waals surface area contributed by atoms with Gasteiger partial charge in [0.2, 0.25) is 0 Å². The van der Waals surface area contributed by atoms with Gasteiger partial charge in [0, 0.05) is 5.69 Å². The molecule has 1 aromatic carbocycles. The Hall–Kier alpha value is -2.81. The minimum Gasteiger partial charge on any atom is -0.466 e. The summed E-state index contributed by atoms with van der Waals surface area (Å²) in [5.41, 5.74) is -2.54. The van der Waals surface area contributed by atoms with E-state index in [1.54, 1.807) is 12.1 Å². The molecular formula is C18H17F3N2O4. The van der Waals surface area contributed by atoms with Crippen molar-refractivity contribution < 1.29 is 32.3 Å². The van der Waals surface area contributed by atoms with Gasteiger partial charge >= 0.3 is 18.0 Å². The molecule has 0 spiro atoms. The Labute approximate surface area is 152 Å². The van der Waals surface area contributed by atoms with Crippen LogP contribution in [0.4, 0.5) is 18.9 Å². The van der Waals surface area contributed by atoms with E-state index in [9.17, 15) is 27.9 Å². The average Bonchev–Trinajstić information content (AvgIpc) is 3.33. The molecule has 3 rings (SSSR count). The average molecular weight is 382 g/mol. The number of furan rings is 1. The molecule has 9 heteroatoms. The van der Waals surface area contributed by atoms with Crippen molar-refractivity contribution in [1.82, 2.24) is 5.32 Å². The number of aliphatic hydroxyl groups is 1. The van der Waals surface area contributed by atoms with E-state index < -0.39 is 29.2 Å². The van der Waals surface area contributed by atoms with E-state index in [0.717, 1.165) is 31.0 Å². The topological polar surface area (TPSA) is 91.6 Å². The largest absolute Gasteiger partial charge is 0.466 e. The van der Waals surface area contributed by atoms with Crippen molar-refractivity contribution in [2.75, 3.05) is 11.9 Å². The highest BCUT2D eigenvalue weighted by atomic mass is 19.4. The van der Waals surface area contributed by atoms with Gasteiger partial charge in [0.25, 0.3) is 0 Å². The van der Waals surface area contributed by atoms with Crippen LogP contribution in [0.1, 0.15) is 24.2 Å². The van der Waals surface area contributed by atoms with Gasteiger partial charge in [0.15, 0.2) is 0 Å². The molecule has 1 atom stereocenters. The molecule has 1 saturated carbocycles. The fraction of sp³-hybridized carbons (Fsp3) is 0.333. The third kappa shape index (κ3) is 4.30. The molecule has 1 fully saturated rings. The van der Waals surface area contributed by atoms with Gasteiger partial charge in [-0.15, -0.1) is 0 Å². The van der Waals surface area contributed by atoms with Gasteiger partial charge in [-0.05, 0) is 49.1 Å². The van der Waals surface area contributed by atoms with Gasteiger partial charge in [-0.2, -0.15) is 13.2 Å². The summed E-state index contributed by atoms with van der Waals surface area (Å²) in [6.07, 6.45) is -1.66. The molecule has 0 radical (unpaired) electrons. The number of nitrogens with one attached hydrogen (secondary N) is 2. The lowest BCUT2D eigenvalue weighted by Gasteiger charge is -2.26. The van der Waals surface area contributed by atoms with Gasteiger partial charge in [0.05, 0.1) is 18.4 Å². The molecule has 3 N–H and O–H groups in total. The highest BCUT2D eigenvalue weighted by Gasteiger charge is 2.47. The molecule has 1 aliphatic rings. The number of amides is 2. The number of benzene rings is 1. The zero-order valence-electron chi connectivity index (χ0n) is 14.0. The van der Waals surface area contributed by atoms with E-state index in [1.807, 2.05) is 0 Å². The number of carbonyl (C=O) groups is 2. The summed E-state index contributed by atoms with van der Waals surface area (Å²) in [4.78, 5) is 24.0. The lowest BCUT2D eigenvalue weighted by molar-refractivity contribution is -0.137. The van der Waals surface area contributed by atoms with E-state index in [1.165, 1.54) is 12.3 Å². The van der Waals surface area contributed by atoms with Crippen molar-refractivity contribution in [1.29, 1.82) is 0 Å². The molecule has 2 aromatic rings. The Morgan fingerprint density at radius 3 is 2.48 bits per heavy atom. The first-order valence-electron chi connectivity index (χ1n) is 8.23. The molecule has 27 heavy (non-hydrogen) atoms. The van der Waals surface area contributed by atoms with Crippen molar-refractivity contribution in [2.24, 2.45) is 5.92 Å². The van der Waals surface area contributed by atoms with Crippen LogP contribution >= 0.6 is 0 Å². The maximum Gasteiger partial charge on any atom is 0.416 e. The van der Waals surface area contributed by atoms with Gasteiger partial charge in [-0.3, -0.25) is 9.59 Å². The number of halogens is 3. The van der Waals surface area contributed by atoms with Gasteiger partial charge in [-0.25, -0.2) is 0 Å². The Kier molecular flexibility index (Phi) is 4.97. The molecule has 1 aromatic heterocycles. The summed E-state index contributed by atoms with van der Waals surface area (Å²) < 4.78 is 43.3. The van der Waals surface area contributed by atoms with Gasteiger partial charge in [0.1, 0.15) is 11.4 Å². The molecule has 0 saturated heterocycles. The van der Waals surface area contributed by atoms with Crippen LogP contribution in [0.25, 0.3) is 0 Å². The highest BCUT2D eigenvalue weighted by Crippen LogP contribution is 2.45. The summed E-state index contributed by atoms with van der Waals surface area (Å²) >= 11 is 0. The number of rotatable bonds is 5. The van der Waals surface area contributed by atoms with Crippen molar-refractivity contribution in [2.45, 2.75) is 24.6 Å². The van der Waals surface area contributed by atoms with Crippen LogP contribution in [0.2, 0.25) is 0 Å². The fourth-order valence-electron chi connectivity index (χ4n) is 2.77. The van der Waals surface area contributed by atoms with Gasteiger partial charge < -0.3 is 20.2 Å². The predicted molar refractivity (Wildman–Crippen MR) is 88.4 cm³/mol. The maximum absolute atomic E-state index is 12.7. The molecule has 0 bridgehead atoms. The molecule has 6 nitrogen and oxygen atoms in total. The van der Waals surface area contributed by atoms with Crippen molar-refractivity contribution in [3.63, 3.8) is 0 Å². The Morgan fingerprint density at radius 2 is 1.89 bits per heavy atom. The SMILES string of the molecule is O=C(NCC(O)(c1ccco1)C1CC1)C(=O)Nc1cccc(C(F)(F)F)c1. The van der Waals surface area contributed by atoms with E-state index >= 15 is 0 Å². The number of hydrogen-bond acceptors (Lipinski definition) is 4. The first-order chi connectivity index (χ1) is 12.7. The Morgan fingerprint density at radius 1 is 1.15 bits per heavy atom. The number of hydrogen-bond donors (Lipinski definition) is 3. The van der Waals surface area contributed by atoms with E-state index in [-0.39, 0.29) is 23.9 Å². The first kappa shape index (κ1) is 19.0. The second-order valence-corrected chi connectivity index (χ2v) is 6.39. The van der Waals surface area contributed by atoms with Gasteiger partial charge in [-0.1, -0.05) is 6.07 Å². The number of alkyl halides is 3. The third-order valence-corrected chi connectivity index (χ3v) is 4.37. The van der Waals surface area contributed by atoms with Crippen LogP contribution in [-0.2, 0) is 21.4 Å². The van der Waals surface area contributed by atoms with Crippen LogP contribution in [0.3, 0.4) is 0 Å². The summed E-state index contributed by atoms with van der Waals surface area (Å²) in [5, 5.41) is 15.2. The number of anilines is 1. The standard InChI is InChI=1S/C18H17F3N2O4/c19-18(20,21)12-3-1-4-13(9-12)23-16(25)15(24)22-10-17(26,11-6-7-11)14-5-2-8-27-14/h1-5,8-9,11,26H,6-7,10H2,(H,22,24)(H,23,25). The monoisotopic (exact) mass is 382 g/mol. The smallest absolute Gasteiger partial charge is 0.416 e.